The summed E-state index contributed by atoms with van der Waals surface area (Å²) < 4.78 is 74.9. The molecule has 4 aromatic carbocycles. The maximum absolute atomic E-state index is 14.2. The molecule has 0 saturated carbocycles. The highest BCUT2D eigenvalue weighted by Gasteiger charge is 2.36. The number of aromatic hydroxyl groups is 3. The third-order valence-corrected chi connectivity index (χ3v) is 21.3. The Balaban J connectivity index is 0.000000158. The van der Waals surface area contributed by atoms with Crippen molar-refractivity contribution in [2.45, 2.75) is 91.1 Å². The van der Waals surface area contributed by atoms with E-state index in [1.807, 2.05) is 92.8 Å². The van der Waals surface area contributed by atoms with E-state index >= 15 is 0 Å². The number of ether oxygens (including phenoxy) is 4. The molecule has 7 aliphatic rings. The van der Waals surface area contributed by atoms with Gasteiger partial charge in [-0.1, -0.05) is 50.1 Å². The Morgan fingerprint density at radius 2 is 0.982 bits per heavy atom. The van der Waals surface area contributed by atoms with Crippen molar-refractivity contribution >= 4 is 63.0 Å². The fourth-order valence-electron chi connectivity index (χ4n) is 15.8. The Labute approximate surface area is 662 Å². The fourth-order valence-corrected chi connectivity index (χ4v) is 15.8. The van der Waals surface area contributed by atoms with Crippen LogP contribution < -0.4 is 48.3 Å². The molecule has 114 heavy (non-hydrogen) atoms. The first-order valence-electron chi connectivity index (χ1n) is 38.9. The summed E-state index contributed by atoms with van der Waals surface area (Å²) >= 11 is 0. The van der Waals surface area contributed by atoms with Crippen LogP contribution in [0.1, 0.15) is 66.0 Å². The number of hydrogen-bond acceptors (Lipinski definition) is 25. The number of phenols is 3. The highest BCUT2D eigenvalue weighted by atomic mass is 19.4. The van der Waals surface area contributed by atoms with E-state index in [1.54, 1.807) is 26.8 Å². The molecule has 4 saturated heterocycles. The van der Waals surface area contributed by atoms with Gasteiger partial charge in [0.05, 0.1) is 48.1 Å². The van der Waals surface area contributed by atoms with Crippen LogP contribution in [0.25, 0.3) is 10.8 Å². The average molecular weight is 1580 g/mol. The molecule has 7 aromatic rings. The Morgan fingerprint density at radius 1 is 0.535 bits per heavy atom. The molecule has 3 aromatic heterocycles. The molecule has 0 radical (unpaired) electrons. The smallest absolute Gasteiger partial charge is 0.508 e. The molecular formula is C82H104F4N18O10. The maximum Gasteiger partial charge on any atom is 0.573 e. The number of nitrogens with zero attached hydrogens (tertiary/aromatic N) is 18. The van der Waals surface area contributed by atoms with Crippen LogP contribution in [0.3, 0.4) is 0 Å². The predicted molar refractivity (Wildman–Crippen MR) is 429 cm³/mol. The molecular weight excluding hydrogens is 1470 g/mol. The van der Waals surface area contributed by atoms with Crippen molar-refractivity contribution in [3.8, 4) is 41.0 Å². The number of likely N-dealkylation sites (tertiary alicyclic amines) is 1. The Hall–Kier alpha value is -11.0. The number of alkyl halides is 3. The zero-order valence-corrected chi connectivity index (χ0v) is 66.1. The summed E-state index contributed by atoms with van der Waals surface area (Å²) in [4.78, 5) is 89.4. The second-order valence-electron chi connectivity index (χ2n) is 30.1. The van der Waals surface area contributed by atoms with Crippen LogP contribution in [0.5, 0.6) is 41.0 Å². The van der Waals surface area contributed by atoms with E-state index < -0.39 is 17.9 Å². The molecule has 4 fully saturated rings. The normalized spacial score (nSPS) is 17.1. The minimum Gasteiger partial charge on any atom is -0.508 e. The molecule has 0 aliphatic carbocycles. The first-order chi connectivity index (χ1) is 54.7. The monoisotopic (exact) mass is 1580 g/mol. The molecule has 10 heterocycles. The molecule has 7 aliphatic heterocycles. The fraction of sp³-hybridized carbons (Fsp3) is 0.476. The van der Waals surface area contributed by atoms with Crippen molar-refractivity contribution in [3.63, 3.8) is 0 Å². The number of amides is 3. The number of halogens is 4. The van der Waals surface area contributed by atoms with E-state index in [1.165, 1.54) is 49.3 Å². The molecule has 610 valence electrons. The number of phenolic OH excluding ortho intramolecular Hbond substituents is 3. The molecule has 14 rings (SSSR count). The molecule has 28 nitrogen and oxygen atoms in total. The van der Waals surface area contributed by atoms with Gasteiger partial charge in [0.25, 0.3) is 0 Å². The molecule has 0 spiro atoms. The van der Waals surface area contributed by atoms with Gasteiger partial charge in [-0.3, -0.25) is 19.3 Å². The maximum atomic E-state index is 14.2. The van der Waals surface area contributed by atoms with Gasteiger partial charge in [0.2, 0.25) is 17.7 Å². The summed E-state index contributed by atoms with van der Waals surface area (Å²) in [5.41, 5.74) is 7.99. The van der Waals surface area contributed by atoms with Crippen molar-refractivity contribution in [3.05, 3.63) is 150 Å². The van der Waals surface area contributed by atoms with Crippen molar-refractivity contribution in [1.82, 2.24) is 59.3 Å². The van der Waals surface area contributed by atoms with Gasteiger partial charge in [0.15, 0.2) is 11.6 Å². The zero-order chi connectivity index (χ0) is 81.1. The van der Waals surface area contributed by atoms with Gasteiger partial charge >= 0.3 is 24.4 Å². The van der Waals surface area contributed by atoms with E-state index in [2.05, 4.69) is 60.0 Å². The number of hydrogen-bond donors (Lipinski definition) is 3. The first-order valence-corrected chi connectivity index (χ1v) is 38.9. The van der Waals surface area contributed by atoms with E-state index in [0.29, 0.717) is 161 Å². The second kappa shape index (κ2) is 36.9. The van der Waals surface area contributed by atoms with Crippen LogP contribution in [0, 0.1) is 12.7 Å². The SMILES string of the molecule is C=CC(=O)N1CCN(c2nc(OCCN3CCCC3)nc3c2CCN(c2cc(O)cc4ccccc24)C3)CC1.C=CC(=O)N1CCN(c2nc(O[C@H](C)CN(C)C)nc3c2CCN(c2c(C)ccc(F)c2O)C3)CC1.C=CC(=O)N1CCN(c2nc(O[C@H](C)CN(C)C)nc3c2CCN(c2cc(OC(F)(F)F)ccc2O)C3)CC1. The van der Waals surface area contributed by atoms with Crippen LogP contribution in [0.4, 0.5) is 52.1 Å². The summed E-state index contributed by atoms with van der Waals surface area (Å²) in [6, 6.07) is 19.1. The van der Waals surface area contributed by atoms with Gasteiger partial charge in [-0.2, -0.15) is 29.9 Å². The van der Waals surface area contributed by atoms with Crippen LogP contribution in [-0.2, 0) is 53.3 Å². The predicted octanol–water partition coefficient (Wildman–Crippen LogP) is 8.37. The minimum atomic E-state index is -4.85. The number of benzene rings is 4. The van der Waals surface area contributed by atoms with Gasteiger partial charge in [-0.25, -0.2) is 4.39 Å². The number of piperazine rings is 3. The summed E-state index contributed by atoms with van der Waals surface area (Å²) in [5.74, 6) is 0.935. The number of aryl methyl sites for hydroxylation is 1. The molecule has 2 atom stereocenters. The van der Waals surface area contributed by atoms with Gasteiger partial charge in [0.1, 0.15) is 53.5 Å². The zero-order valence-electron chi connectivity index (χ0n) is 66.1. The highest BCUT2D eigenvalue weighted by molar-refractivity contribution is 5.96. The first kappa shape index (κ1) is 82.5. The van der Waals surface area contributed by atoms with Crippen LogP contribution in [0.15, 0.2) is 105 Å². The lowest BCUT2D eigenvalue weighted by Crippen LogP contribution is -2.49. The van der Waals surface area contributed by atoms with Gasteiger partial charge < -0.3 is 88.2 Å². The number of carbonyl (C=O) groups excluding carboxylic acids is 3. The largest absolute Gasteiger partial charge is 0.573 e. The quantitative estimate of drug-likeness (QED) is 0.0425. The molecule has 0 bridgehead atoms. The third kappa shape index (κ3) is 20.3. The Morgan fingerprint density at radius 3 is 1.46 bits per heavy atom. The lowest BCUT2D eigenvalue weighted by atomic mass is 10.0. The van der Waals surface area contributed by atoms with Crippen LogP contribution in [-0.4, -0.2) is 277 Å². The van der Waals surface area contributed by atoms with E-state index in [-0.39, 0.29) is 65.4 Å². The van der Waals surface area contributed by atoms with E-state index in [4.69, 9.17) is 39.1 Å². The Bertz CT molecular complexity index is 4600. The summed E-state index contributed by atoms with van der Waals surface area (Å²) in [7, 11) is 7.83. The number of rotatable bonds is 22. The van der Waals surface area contributed by atoms with Crippen LogP contribution >= 0.6 is 0 Å². The van der Waals surface area contributed by atoms with Gasteiger partial charge in [-0.05, 0) is 148 Å². The van der Waals surface area contributed by atoms with Crippen LogP contribution in [0.2, 0.25) is 0 Å². The second-order valence-corrected chi connectivity index (χ2v) is 30.1. The number of aromatic nitrogens is 6. The molecule has 32 heteroatoms. The van der Waals surface area contributed by atoms with Gasteiger partial charge in [0, 0.05) is 158 Å². The van der Waals surface area contributed by atoms with E-state index in [0.717, 1.165) is 106 Å². The third-order valence-electron chi connectivity index (χ3n) is 21.3. The standard InChI is InChI=1S/C30H36N6O3.C26H33F3N6O4.C26H35FN6O3/c1-2-28(38)34-13-15-35(16-14-34)29-25-9-12-36(27-20-23(37)19-22-7-3-4-8-24(22)27)21-26(25)31-30(32-29)39-18-17-33-10-5-6-11-33;1-5-23(37)33-10-12-34(13-11-33)24-19-8-9-35(21-14-18(6-7-22(21)36)39-26(27,28)29)16-20(19)30-25(31-24)38-17(2)15-32(3)4;1-6-22(34)31-11-13-32(14-12-31)25-19-9-10-33(23-17(2)7-8-20(27)24(23)35)16-21(19)28-26(29-25)36-18(3)15-30(4)5/h2-4,7-8,19-20,37H,1,5-6,9-18,21H2;5-7,14,17,36H,1,8-13,15-16H2,2-4H3;6-8,18,35H,1,9-16H2,2-5H3/t;17-;18-/m.11/s1. The number of carbonyl (C=O) groups is 3. The summed E-state index contributed by atoms with van der Waals surface area (Å²) in [6.07, 6.45) is 3.28. The lowest BCUT2D eigenvalue weighted by Gasteiger charge is -2.38. The minimum absolute atomic E-state index is 0.0284. The van der Waals surface area contributed by atoms with Crippen molar-refractivity contribution < 1.29 is 66.2 Å². The average Bonchev–Trinajstić information content (AvgIpc) is 0.805. The van der Waals surface area contributed by atoms with Gasteiger partial charge in [-0.15, -0.1) is 13.2 Å². The number of anilines is 6. The molecule has 0 unspecified atom stereocenters. The Kier molecular flexibility index (Phi) is 26.7. The highest BCUT2D eigenvalue weighted by Crippen LogP contribution is 2.42. The topological polar surface area (TPSA) is 265 Å². The van der Waals surface area contributed by atoms with E-state index in [9.17, 15) is 47.3 Å². The molecule has 3 N–H and O–H groups in total. The van der Waals surface area contributed by atoms with Crippen molar-refractivity contribution in [2.24, 2.45) is 0 Å². The molecule has 3 amide bonds. The summed E-state index contributed by atoms with van der Waals surface area (Å²) in [5, 5.41) is 33.5. The number of fused-ring (bicyclic) bond motifs is 4. The number of likely N-dealkylation sites (N-methyl/N-ethyl adjacent to an activating group) is 2. The van der Waals surface area contributed by atoms with Crippen molar-refractivity contribution in [2.75, 3.05) is 195 Å². The van der Waals surface area contributed by atoms with Crippen molar-refractivity contribution in [1.29, 1.82) is 0 Å². The summed E-state index contributed by atoms with van der Waals surface area (Å²) in [6.45, 7) is 31.9. The lowest BCUT2D eigenvalue weighted by molar-refractivity contribution is -0.274.